The van der Waals surface area contributed by atoms with Gasteiger partial charge >= 0.3 is 0 Å². The Kier molecular flexibility index (Phi) is 6.71. The molecule has 0 aromatic heterocycles. The predicted molar refractivity (Wildman–Crippen MR) is 72.2 cm³/mol. The van der Waals surface area contributed by atoms with Gasteiger partial charge in [0.1, 0.15) is 12.4 Å². The first kappa shape index (κ1) is 14.6. The van der Waals surface area contributed by atoms with Crippen molar-refractivity contribution in [3.05, 3.63) is 28.8 Å². The second-order valence-corrected chi connectivity index (χ2v) is 4.89. The lowest BCUT2D eigenvalue weighted by atomic mass is 10.2. The largest absolute Gasteiger partial charge is 0.490 e. The van der Waals surface area contributed by atoms with Crippen molar-refractivity contribution in [1.82, 2.24) is 0 Å². The van der Waals surface area contributed by atoms with E-state index in [-0.39, 0.29) is 0 Å². The molecule has 0 fully saturated rings. The van der Waals surface area contributed by atoms with Crippen LogP contribution in [0, 0.1) is 5.92 Å². The number of halogens is 2. The third kappa shape index (κ3) is 5.62. The summed E-state index contributed by atoms with van der Waals surface area (Å²) in [4.78, 5) is 0. The Balaban J connectivity index is 2.32. The Morgan fingerprint density at radius 1 is 1.24 bits per heavy atom. The molecule has 0 unspecified atom stereocenters. The van der Waals surface area contributed by atoms with Crippen LogP contribution in [-0.2, 0) is 10.6 Å². The molecule has 4 heteroatoms. The van der Waals surface area contributed by atoms with Crippen molar-refractivity contribution in [2.24, 2.45) is 5.92 Å². The molecule has 17 heavy (non-hydrogen) atoms. The second kappa shape index (κ2) is 7.80. The maximum Gasteiger partial charge on any atom is 0.138 e. The maximum absolute atomic E-state index is 6.05. The fourth-order valence-electron chi connectivity index (χ4n) is 1.27. The van der Waals surface area contributed by atoms with Crippen LogP contribution in [0.1, 0.15) is 19.4 Å². The van der Waals surface area contributed by atoms with Crippen LogP contribution in [0.2, 0.25) is 5.02 Å². The van der Waals surface area contributed by atoms with E-state index in [0.29, 0.717) is 35.8 Å². The van der Waals surface area contributed by atoms with Crippen molar-refractivity contribution < 1.29 is 9.47 Å². The summed E-state index contributed by atoms with van der Waals surface area (Å²) < 4.78 is 10.9. The summed E-state index contributed by atoms with van der Waals surface area (Å²) in [5, 5.41) is 0.590. The van der Waals surface area contributed by atoms with Gasteiger partial charge in [-0.2, -0.15) is 0 Å². The van der Waals surface area contributed by atoms with Crippen molar-refractivity contribution in [2.45, 2.75) is 19.7 Å². The van der Waals surface area contributed by atoms with Crippen molar-refractivity contribution >= 4 is 23.2 Å². The SMILES string of the molecule is CC(C)COCCOc1ccc(CCl)cc1Cl. The summed E-state index contributed by atoms with van der Waals surface area (Å²) >= 11 is 11.8. The zero-order valence-corrected chi connectivity index (χ0v) is 11.7. The van der Waals surface area contributed by atoms with Gasteiger partial charge in [0.25, 0.3) is 0 Å². The molecule has 0 N–H and O–H groups in total. The van der Waals surface area contributed by atoms with Crippen LogP contribution >= 0.6 is 23.2 Å². The molecule has 0 aliphatic heterocycles. The molecule has 0 spiro atoms. The number of rotatable bonds is 7. The molecule has 0 aliphatic carbocycles. The average molecular weight is 277 g/mol. The molecule has 0 bridgehead atoms. The Bertz CT molecular complexity index is 340. The van der Waals surface area contributed by atoms with Crippen molar-refractivity contribution in [3.8, 4) is 5.75 Å². The molecule has 1 rings (SSSR count). The highest BCUT2D eigenvalue weighted by atomic mass is 35.5. The summed E-state index contributed by atoms with van der Waals surface area (Å²) in [7, 11) is 0. The van der Waals surface area contributed by atoms with E-state index in [1.54, 1.807) is 0 Å². The molecule has 1 aromatic rings. The van der Waals surface area contributed by atoms with E-state index >= 15 is 0 Å². The zero-order valence-electron chi connectivity index (χ0n) is 10.2. The van der Waals surface area contributed by atoms with Gasteiger partial charge in [0.15, 0.2) is 0 Å². The van der Waals surface area contributed by atoms with E-state index in [9.17, 15) is 0 Å². The molecule has 1 aromatic carbocycles. The van der Waals surface area contributed by atoms with Crippen molar-refractivity contribution in [3.63, 3.8) is 0 Å². The van der Waals surface area contributed by atoms with Gasteiger partial charge in [0.05, 0.1) is 11.6 Å². The lowest BCUT2D eigenvalue weighted by Crippen LogP contribution is -2.10. The van der Waals surface area contributed by atoms with Gasteiger partial charge in [-0.25, -0.2) is 0 Å². The number of benzene rings is 1. The van der Waals surface area contributed by atoms with Gasteiger partial charge in [-0.3, -0.25) is 0 Å². The van der Waals surface area contributed by atoms with Crippen LogP contribution in [0.25, 0.3) is 0 Å². The fourth-order valence-corrected chi connectivity index (χ4v) is 1.70. The second-order valence-electron chi connectivity index (χ2n) is 4.22. The van der Waals surface area contributed by atoms with Crippen LogP contribution in [-0.4, -0.2) is 19.8 Å². The van der Waals surface area contributed by atoms with E-state index < -0.39 is 0 Å². The molecule has 0 radical (unpaired) electrons. The molecular formula is C13H18Cl2O2. The minimum Gasteiger partial charge on any atom is -0.490 e. The summed E-state index contributed by atoms with van der Waals surface area (Å²) in [6.07, 6.45) is 0. The quantitative estimate of drug-likeness (QED) is 0.551. The van der Waals surface area contributed by atoms with Crippen LogP contribution in [0.3, 0.4) is 0 Å². The summed E-state index contributed by atoms with van der Waals surface area (Å²) in [6, 6.07) is 5.56. The zero-order chi connectivity index (χ0) is 12.7. The lowest BCUT2D eigenvalue weighted by molar-refractivity contribution is 0.0819. The Labute approximate surface area is 113 Å². The lowest BCUT2D eigenvalue weighted by Gasteiger charge is -2.10. The molecule has 2 nitrogen and oxygen atoms in total. The van der Waals surface area contributed by atoms with Crippen LogP contribution in [0.5, 0.6) is 5.75 Å². The van der Waals surface area contributed by atoms with E-state index in [1.165, 1.54) is 0 Å². The highest BCUT2D eigenvalue weighted by Crippen LogP contribution is 2.25. The third-order valence-electron chi connectivity index (χ3n) is 2.09. The van der Waals surface area contributed by atoms with Gasteiger partial charge < -0.3 is 9.47 Å². The molecule has 96 valence electrons. The first-order valence-corrected chi connectivity index (χ1v) is 6.59. The van der Waals surface area contributed by atoms with Crippen molar-refractivity contribution in [1.29, 1.82) is 0 Å². The number of hydrogen-bond acceptors (Lipinski definition) is 2. The summed E-state index contributed by atoms with van der Waals surface area (Å²) in [5.74, 6) is 1.67. The number of alkyl halides is 1. The van der Waals surface area contributed by atoms with E-state index in [4.69, 9.17) is 32.7 Å². The first-order chi connectivity index (χ1) is 8.13. The highest BCUT2D eigenvalue weighted by Gasteiger charge is 2.02. The van der Waals surface area contributed by atoms with E-state index in [0.717, 1.165) is 12.2 Å². The van der Waals surface area contributed by atoms with Gasteiger partial charge in [-0.15, -0.1) is 11.6 Å². The summed E-state index contributed by atoms with van der Waals surface area (Å²) in [5.41, 5.74) is 0.986. The Morgan fingerprint density at radius 2 is 2.00 bits per heavy atom. The van der Waals surface area contributed by atoms with Crippen LogP contribution in [0.4, 0.5) is 0 Å². The maximum atomic E-state index is 6.05. The first-order valence-electron chi connectivity index (χ1n) is 5.68. The van der Waals surface area contributed by atoms with Crippen LogP contribution in [0.15, 0.2) is 18.2 Å². The van der Waals surface area contributed by atoms with Gasteiger partial charge in [0, 0.05) is 12.5 Å². The molecule has 0 aliphatic rings. The normalized spacial score (nSPS) is 10.9. The monoisotopic (exact) mass is 276 g/mol. The van der Waals surface area contributed by atoms with E-state index in [2.05, 4.69) is 13.8 Å². The van der Waals surface area contributed by atoms with Gasteiger partial charge in [-0.1, -0.05) is 31.5 Å². The number of ether oxygens (including phenoxy) is 2. The van der Waals surface area contributed by atoms with Gasteiger partial charge in [-0.05, 0) is 23.6 Å². The van der Waals surface area contributed by atoms with Crippen LogP contribution < -0.4 is 4.74 Å². The average Bonchev–Trinajstić information content (AvgIpc) is 2.30. The predicted octanol–water partition coefficient (Wildman–Crippen LogP) is 4.13. The highest BCUT2D eigenvalue weighted by molar-refractivity contribution is 6.32. The van der Waals surface area contributed by atoms with Crippen molar-refractivity contribution in [2.75, 3.05) is 19.8 Å². The summed E-state index contributed by atoms with van der Waals surface area (Å²) in [6.45, 7) is 6.06. The standard InChI is InChI=1S/C13H18Cl2O2/c1-10(2)9-16-5-6-17-13-4-3-11(8-14)7-12(13)15/h3-4,7,10H,5-6,8-9H2,1-2H3. The minimum absolute atomic E-state index is 0.456. The topological polar surface area (TPSA) is 18.5 Å². The molecule has 0 saturated carbocycles. The minimum atomic E-state index is 0.456. The fraction of sp³-hybridized carbons (Fsp3) is 0.538. The Hall–Kier alpha value is -0.440. The molecule has 0 amide bonds. The third-order valence-corrected chi connectivity index (χ3v) is 2.69. The Morgan fingerprint density at radius 3 is 2.59 bits per heavy atom. The molecule has 0 heterocycles. The van der Waals surface area contributed by atoms with E-state index in [1.807, 2.05) is 18.2 Å². The molecular weight excluding hydrogens is 259 g/mol. The smallest absolute Gasteiger partial charge is 0.138 e. The van der Waals surface area contributed by atoms with Gasteiger partial charge in [0.2, 0.25) is 0 Å². The number of hydrogen-bond donors (Lipinski definition) is 0. The molecule has 0 atom stereocenters. The molecule has 0 saturated heterocycles.